The first-order chi connectivity index (χ1) is 9.09. The molecule has 0 heterocycles. The summed E-state index contributed by atoms with van der Waals surface area (Å²) in [4.78, 5) is 12.3. The molecule has 0 aliphatic heterocycles. The summed E-state index contributed by atoms with van der Waals surface area (Å²) in [6.07, 6.45) is 0.652. The number of hydrogen-bond donors (Lipinski definition) is 1. The average Bonchev–Trinajstić information content (AvgIpc) is 2.41. The Kier molecular flexibility index (Phi) is 4.27. The van der Waals surface area contributed by atoms with Gasteiger partial charge in [-0.1, -0.05) is 36.9 Å². The van der Waals surface area contributed by atoms with Gasteiger partial charge < -0.3 is 4.74 Å². The smallest absolute Gasteiger partial charge is 0.333 e. The first kappa shape index (κ1) is 13.7. The van der Waals surface area contributed by atoms with Crippen LogP contribution in [0.3, 0.4) is 0 Å². The fraction of sp³-hybridized carbons (Fsp3) is 0.188. The van der Waals surface area contributed by atoms with Crippen molar-refractivity contribution in [3.8, 4) is 0 Å². The SMILES string of the molecule is C=C(C)C(=O)OCCc1c(S)ccc2ccccc12. The van der Waals surface area contributed by atoms with Crippen LogP contribution in [0.2, 0.25) is 0 Å². The summed E-state index contributed by atoms with van der Waals surface area (Å²) in [5, 5.41) is 2.32. The number of benzene rings is 2. The molecule has 3 heteroatoms. The number of fused-ring (bicyclic) bond motifs is 1. The van der Waals surface area contributed by atoms with Crippen LogP contribution in [0.5, 0.6) is 0 Å². The van der Waals surface area contributed by atoms with E-state index in [-0.39, 0.29) is 5.97 Å². The van der Waals surface area contributed by atoms with Crippen molar-refractivity contribution in [3.63, 3.8) is 0 Å². The lowest BCUT2D eigenvalue weighted by molar-refractivity contribution is -0.138. The van der Waals surface area contributed by atoms with E-state index < -0.39 is 0 Å². The molecule has 0 radical (unpaired) electrons. The van der Waals surface area contributed by atoms with Gasteiger partial charge in [0, 0.05) is 16.9 Å². The largest absolute Gasteiger partial charge is 0.462 e. The second-order valence-electron chi connectivity index (χ2n) is 4.45. The highest BCUT2D eigenvalue weighted by Gasteiger charge is 2.07. The van der Waals surface area contributed by atoms with Gasteiger partial charge in [-0.25, -0.2) is 4.79 Å². The van der Waals surface area contributed by atoms with Gasteiger partial charge in [0.1, 0.15) is 0 Å². The third-order valence-corrected chi connectivity index (χ3v) is 3.37. The molecule has 0 saturated carbocycles. The molecule has 0 fully saturated rings. The molecule has 0 aromatic heterocycles. The second kappa shape index (κ2) is 5.93. The van der Waals surface area contributed by atoms with Crippen LogP contribution in [0.15, 0.2) is 53.4 Å². The Morgan fingerprint density at radius 2 is 2.00 bits per heavy atom. The molecule has 2 rings (SSSR count). The van der Waals surface area contributed by atoms with Gasteiger partial charge in [-0.3, -0.25) is 0 Å². The fourth-order valence-electron chi connectivity index (χ4n) is 1.96. The Morgan fingerprint density at radius 1 is 1.26 bits per heavy atom. The van der Waals surface area contributed by atoms with Gasteiger partial charge in [0.15, 0.2) is 0 Å². The van der Waals surface area contributed by atoms with Gasteiger partial charge in [-0.2, -0.15) is 0 Å². The molecular weight excluding hydrogens is 256 g/mol. The normalized spacial score (nSPS) is 10.4. The standard InChI is InChI=1S/C16H16O2S/c1-11(2)16(17)18-10-9-14-13-6-4-3-5-12(13)7-8-15(14)19/h3-8,19H,1,9-10H2,2H3. The molecule has 0 bridgehead atoms. The minimum Gasteiger partial charge on any atom is -0.462 e. The highest BCUT2D eigenvalue weighted by atomic mass is 32.1. The second-order valence-corrected chi connectivity index (χ2v) is 4.93. The van der Waals surface area contributed by atoms with E-state index in [1.165, 1.54) is 5.39 Å². The third kappa shape index (κ3) is 3.18. The van der Waals surface area contributed by atoms with Gasteiger partial charge >= 0.3 is 5.97 Å². The van der Waals surface area contributed by atoms with Crippen LogP contribution >= 0.6 is 12.6 Å². The first-order valence-corrected chi connectivity index (χ1v) is 6.56. The first-order valence-electron chi connectivity index (χ1n) is 6.12. The topological polar surface area (TPSA) is 26.3 Å². The summed E-state index contributed by atoms with van der Waals surface area (Å²) >= 11 is 4.48. The van der Waals surface area contributed by atoms with Gasteiger partial charge in [-0.05, 0) is 29.3 Å². The molecule has 0 aliphatic rings. The minimum absolute atomic E-state index is 0.341. The van der Waals surface area contributed by atoms with E-state index in [0.717, 1.165) is 15.8 Å². The van der Waals surface area contributed by atoms with Crippen molar-refractivity contribution in [1.29, 1.82) is 0 Å². The van der Waals surface area contributed by atoms with Crippen molar-refractivity contribution in [1.82, 2.24) is 0 Å². The lowest BCUT2D eigenvalue weighted by Gasteiger charge is -2.10. The van der Waals surface area contributed by atoms with Crippen LogP contribution in [0.4, 0.5) is 0 Å². The molecular formula is C16H16O2S. The number of carbonyl (C=O) groups excluding carboxylic acids is 1. The lowest BCUT2D eigenvalue weighted by atomic mass is 10.0. The van der Waals surface area contributed by atoms with Crippen molar-refractivity contribution in [2.45, 2.75) is 18.2 Å². The number of thiol groups is 1. The molecule has 0 saturated heterocycles. The summed E-state index contributed by atoms with van der Waals surface area (Å²) in [6.45, 7) is 5.54. The number of esters is 1. The number of hydrogen-bond acceptors (Lipinski definition) is 3. The zero-order valence-electron chi connectivity index (χ0n) is 10.8. The number of ether oxygens (including phenoxy) is 1. The summed E-state index contributed by atoms with van der Waals surface area (Å²) in [5.41, 5.74) is 1.53. The highest BCUT2D eigenvalue weighted by molar-refractivity contribution is 7.80. The molecule has 0 atom stereocenters. The Bertz CT molecular complexity index is 632. The highest BCUT2D eigenvalue weighted by Crippen LogP contribution is 2.25. The van der Waals surface area contributed by atoms with Crippen molar-refractivity contribution >= 4 is 29.4 Å². The van der Waals surface area contributed by atoms with Crippen LogP contribution < -0.4 is 0 Å². The maximum atomic E-state index is 11.3. The van der Waals surface area contributed by atoms with Crippen LogP contribution in [0.25, 0.3) is 10.8 Å². The van der Waals surface area contributed by atoms with Crippen LogP contribution in [0.1, 0.15) is 12.5 Å². The van der Waals surface area contributed by atoms with Crippen LogP contribution in [0, 0.1) is 0 Å². The van der Waals surface area contributed by atoms with Crippen molar-refractivity contribution in [2.75, 3.05) is 6.61 Å². The number of rotatable bonds is 4. The quantitative estimate of drug-likeness (QED) is 0.520. The van der Waals surface area contributed by atoms with Gasteiger partial charge in [0.2, 0.25) is 0 Å². The van der Waals surface area contributed by atoms with E-state index in [2.05, 4.69) is 31.3 Å². The van der Waals surface area contributed by atoms with Gasteiger partial charge in [-0.15, -0.1) is 12.6 Å². The van der Waals surface area contributed by atoms with E-state index in [0.29, 0.717) is 18.6 Å². The average molecular weight is 272 g/mol. The third-order valence-electron chi connectivity index (χ3n) is 2.95. The zero-order valence-corrected chi connectivity index (χ0v) is 11.7. The predicted octanol–water partition coefficient (Wildman–Crippen LogP) is 3.79. The maximum absolute atomic E-state index is 11.3. The van der Waals surface area contributed by atoms with Crippen molar-refractivity contribution < 1.29 is 9.53 Å². The van der Waals surface area contributed by atoms with Crippen molar-refractivity contribution in [3.05, 3.63) is 54.1 Å². The van der Waals surface area contributed by atoms with E-state index in [1.54, 1.807) is 6.92 Å². The molecule has 0 N–H and O–H groups in total. The fourth-order valence-corrected chi connectivity index (χ4v) is 2.26. The Morgan fingerprint density at radius 3 is 2.74 bits per heavy atom. The summed E-state index contributed by atoms with van der Waals surface area (Å²) < 4.78 is 5.14. The molecule has 0 aliphatic carbocycles. The molecule has 2 nitrogen and oxygen atoms in total. The Balaban J connectivity index is 2.18. The molecule has 0 spiro atoms. The molecule has 2 aromatic rings. The zero-order chi connectivity index (χ0) is 13.8. The summed E-state index contributed by atoms with van der Waals surface area (Å²) in [7, 11) is 0. The number of carbonyl (C=O) groups is 1. The molecule has 98 valence electrons. The summed E-state index contributed by atoms with van der Waals surface area (Å²) in [6, 6.07) is 12.1. The molecule has 2 aromatic carbocycles. The van der Waals surface area contributed by atoms with Crippen LogP contribution in [-0.2, 0) is 16.0 Å². The molecule has 0 unspecified atom stereocenters. The Labute approximate surface area is 118 Å². The predicted molar refractivity (Wildman–Crippen MR) is 80.7 cm³/mol. The van der Waals surface area contributed by atoms with Gasteiger partial charge in [0.25, 0.3) is 0 Å². The van der Waals surface area contributed by atoms with E-state index >= 15 is 0 Å². The summed E-state index contributed by atoms with van der Waals surface area (Å²) in [5.74, 6) is -0.346. The monoisotopic (exact) mass is 272 g/mol. The lowest BCUT2D eigenvalue weighted by Crippen LogP contribution is -2.08. The molecule has 19 heavy (non-hydrogen) atoms. The maximum Gasteiger partial charge on any atom is 0.333 e. The van der Waals surface area contributed by atoms with Gasteiger partial charge in [0.05, 0.1) is 6.61 Å². The van der Waals surface area contributed by atoms with E-state index in [9.17, 15) is 4.79 Å². The molecule has 0 amide bonds. The Hall–Kier alpha value is -1.74. The van der Waals surface area contributed by atoms with E-state index in [4.69, 9.17) is 4.74 Å². The van der Waals surface area contributed by atoms with Crippen LogP contribution in [-0.4, -0.2) is 12.6 Å². The minimum atomic E-state index is -0.346. The van der Waals surface area contributed by atoms with E-state index in [1.807, 2.05) is 24.3 Å². The van der Waals surface area contributed by atoms with Crippen molar-refractivity contribution in [2.24, 2.45) is 0 Å².